The van der Waals surface area contributed by atoms with Gasteiger partial charge >= 0.3 is 0 Å². The third kappa shape index (κ3) is 4.74. The maximum absolute atomic E-state index is 11.5. The van der Waals surface area contributed by atoms with E-state index in [4.69, 9.17) is 0 Å². The summed E-state index contributed by atoms with van der Waals surface area (Å²) in [6.07, 6.45) is 2.88. The van der Waals surface area contributed by atoms with Crippen molar-refractivity contribution in [2.45, 2.75) is 32.7 Å². The smallest absolute Gasteiger partial charge is 0.140 e. The Morgan fingerprint density at radius 1 is 1.60 bits per heavy atom. The molecule has 1 rings (SSSR count). The molecular formula is C11H19N3O. The summed E-state index contributed by atoms with van der Waals surface area (Å²) in [6.45, 7) is 4.90. The van der Waals surface area contributed by atoms with Crippen LogP contribution in [0.1, 0.15) is 26.0 Å². The van der Waals surface area contributed by atoms with Gasteiger partial charge in [-0.2, -0.15) is 5.10 Å². The highest BCUT2D eigenvalue weighted by molar-refractivity contribution is 5.80. The zero-order chi connectivity index (χ0) is 11.3. The summed E-state index contributed by atoms with van der Waals surface area (Å²) in [4.78, 5) is 11.5. The fourth-order valence-electron chi connectivity index (χ4n) is 1.35. The van der Waals surface area contributed by atoms with Crippen LogP contribution in [0.5, 0.6) is 0 Å². The summed E-state index contributed by atoms with van der Waals surface area (Å²) in [5, 5.41) is 7.39. The summed E-state index contributed by atoms with van der Waals surface area (Å²) >= 11 is 0. The minimum atomic E-state index is 0.238. The number of carbonyl (C=O) groups is 1. The maximum Gasteiger partial charge on any atom is 0.140 e. The molecule has 1 N–H and O–H groups in total. The second-order valence-electron chi connectivity index (χ2n) is 4.06. The van der Waals surface area contributed by atoms with E-state index in [9.17, 15) is 4.79 Å². The Bertz CT molecular complexity index is 317. The normalized spacial score (nSPS) is 10.9. The van der Waals surface area contributed by atoms with E-state index < -0.39 is 0 Å². The largest absolute Gasteiger partial charge is 0.314 e. The molecule has 0 atom stereocenters. The molecule has 1 aromatic rings. The van der Waals surface area contributed by atoms with Gasteiger partial charge in [-0.1, -0.05) is 13.8 Å². The molecule has 0 saturated heterocycles. The van der Waals surface area contributed by atoms with Crippen molar-refractivity contribution in [2.24, 2.45) is 7.05 Å². The van der Waals surface area contributed by atoms with E-state index in [1.807, 2.05) is 19.3 Å². The third-order valence-electron chi connectivity index (χ3n) is 2.10. The monoisotopic (exact) mass is 209 g/mol. The van der Waals surface area contributed by atoms with Gasteiger partial charge in [-0.25, -0.2) is 0 Å². The molecule has 4 heteroatoms. The Hall–Kier alpha value is -1.16. The Kier molecular flexibility index (Phi) is 4.49. The van der Waals surface area contributed by atoms with Crippen LogP contribution < -0.4 is 5.32 Å². The van der Waals surface area contributed by atoms with Gasteiger partial charge in [-0.3, -0.25) is 9.48 Å². The van der Waals surface area contributed by atoms with Crippen LogP contribution in [0.3, 0.4) is 0 Å². The quantitative estimate of drug-likeness (QED) is 0.758. The first kappa shape index (κ1) is 11.9. The number of nitrogens with zero attached hydrogens (tertiary/aromatic N) is 2. The molecule has 0 amide bonds. The van der Waals surface area contributed by atoms with Crippen molar-refractivity contribution >= 4 is 5.78 Å². The lowest BCUT2D eigenvalue weighted by Crippen LogP contribution is -2.25. The van der Waals surface area contributed by atoms with Gasteiger partial charge in [0.2, 0.25) is 0 Å². The van der Waals surface area contributed by atoms with Crippen LogP contribution in [-0.2, 0) is 18.3 Å². The minimum absolute atomic E-state index is 0.238. The zero-order valence-corrected chi connectivity index (χ0v) is 9.66. The average molecular weight is 209 g/mol. The number of Topliss-reactive ketones (excluding diaryl/α,β-unsaturated/α-hetero) is 1. The molecule has 1 aromatic heterocycles. The van der Waals surface area contributed by atoms with E-state index in [1.54, 1.807) is 4.68 Å². The topological polar surface area (TPSA) is 46.9 Å². The highest BCUT2D eigenvalue weighted by atomic mass is 16.1. The summed E-state index contributed by atoms with van der Waals surface area (Å²) in [7, 11) is 1.86. The van der Waals surface area contributed by atoms with Crippen molar-refractivity contribution in [1.29, 1.82) is 0 Å². The van der Waals surface area contributed by atoms with Crippen LogP contribution in [0.25, 0.3) is 0 Å². The molecule has 0 unspecified atom stereocenters. The molecule has 4 nitrogen and oxygen atoms in total. The molecule has 0 aliphatic rings. The Balaban J connectivity index is 2.24. The Morgan fingerprint density at radius 3 is 2.87 bits per heavy atom. The second kappa shape index (κ2) is 5.66. The number of rotatable bonds is 6. The number of hydrogen-bond acceptors (Lipinski definition) is 3. The van der Waals surface area contributed by atoms with Gasteiger partial charge in [0.05, 0.1) is 12.1 Å². The molecule has 0 fully saturated rings. The molecule has 0 bridgehead atoms. The molecule has 1 heterocycles. The van der Waals surface area contributed by atoms with Crippen molar-refractivity contribution in [3.8, 4) is 0 Å². The van der Waals surface area contributed by atoms with Gasteiger partial charge in [-0.05, 0) is 6.07 Å². The molecule has 0 radical (unpaired) electrons. The first-order chi connectivity index (χ1) is 7.08. The Labute approximate surface area is 90.7 Å². The number of aromatic nitrogens is 2. The first-order valence-corrected chi connectivity index (χ1v) is 5.31. The van der Waals surface area contributed by atoms with E-state index in [0.29, 0.717) is 18.9 Å². The van der Waals surface area contributed by atoms with E-state index in [2.05, 4.69) is 24.3 Å². The van der Waals surface area contributed by atoms with Crippen molar-refractivity contribution in [1.82, 2.24) is 15.1 Å². The number of ketones is 1. The molecular weight excluding hydrogens is 190 g/mol. The fraction of sp³-hybridized carbons (Fsp3) is 0.636. The predicted octanol–water partition coefficient (Wildman–Crippen LogP) is 0.920. The van der Waals surface area contributed by atoms with E-state index in [1.165, 1.54) is 0 Å². The van der Waals surface area contributed by atoms with Crippen molar-refractivity contribution < 1.29 is 4.79 Å². The number of hydrogen-bond donors (Lipinski definition) is 1. The van der Waals surface area contributed by atoms with Crippen LogP contribution in [0.4, 0.5) is 0 Å². The molecule has 84 valence electrons. The summed E-state index contributed by atoms with van der Waals surface area (Å²) in [5.74, 6) is 0.238. The van der Waals surface area contributed by atoms with E-state index in [0.717, 1.165) is 12.2 Å². The lowest BCUT2D eigenvalue weighted by molar-refractivity contribution is -0.118. The van der Waals surface area contributed by atoms with Crippen LogP contribution >= 0.6 is 0 Å². The van der Waals surface area contributed by atoms with Gasteiger partial charge in [0.1, 0.15) is 5.78 Å². The lowest BCUT2D eigenvalue weighted by atomic mass is 10.1. The first-order valence-electron chi connectivity index (χ1n) is 5.31. The number of carbonyl (C=O) groups excluding carboxylic acids is 1. The molecule has 15 heavy (non-hydrogen) atoms. The average Bonchev–Trinajstić information content (AvgIpc) is 2.50. The van der Waals surface area contributed by atoms with Crippen LogP contribution in [0, 0.1) is 0 Å². The van der Waals surface area contributed by atoms with Gasteiger partial charge in [0, 0.05) is 32.3 Å². The zero-order valence-electron chi connectivity index (χ0n) is 9.66. The van der Waals surface area contributed by atoms with Gasteiger partial charge in [-0.15, -0.1) is 0 Å². The highest BCUT2D eigenvalue weighted by Crippen LogP contribution is 1.98. The maximum atomic E-state index is 11.5. The van der Waals surface area contributed by atoms with Crippen molar-refractivity contribution in [3.05, 3.63) is 18.0 Å². The second-order valence-corrected chi connectivity index (χ2v) is 4.06. The van der Waals surface area contributed by atoms with Crippen LogP contribution in [0.15, 0.2) is 12.3 Å². The predicted molar refractivity (Wildman–Crippen MR) is 59.7 cm³/mol. The lowest BCUT2D eigenvalue weighted by Gasteiger charge is -2.06. The van der Waals surface area contributed by atoms with Gasteiger partial charge in [0.25, 0.3) is 0 Å². The fourth-order valence-corrected chi connectivity index (χ4v) is 1.35. The SMILES string of the molecule is CC(C)NCCC(=O)Cc1ccn(C)n1. The van der Waals surface area contributed by atoms with Crippen LogP contribution in [0.2, 0.25) is 0 Å². The standard InChI is InChI=1S/C11H19N3O/c1-9(2)12-6-4-11(15)8-10-5-7-14(3)13-10/h5,7,9,12H,4,6,8H2,1-3H3. The van der Waals surface area contributed by atoms with E-state index >= 15 is 0 Å². The third-order valence-corrected chi connectivity index (χ3v) is 2.10. The molecule has 0 saturated carbocycles. The minimum Gasteiger partial charge on any atom is -0.314 e. The molecule has 0 aliphatic heterocycles. The van der Waals surface area contributed by atoms with E-state index in [-0.39, 0.29) is 5.78 Å². The van der Waals surface area contributed by atoms with Gasteiger partial charge < -0.3 is 5.32 Å². The highest BCUT2D eigenvalue weighted by Gasteiger charge is 2.05. The van der Waals surface area contributed by atoms with Crippen molar-refractivity contribution in [3.63, 3.8) is 0 Å². The molecule has 0 aromatic carbocycles. The molecule has 0 spiro atoms. The van der Waals surface area contributed by atoms with Crippen molar-refractivity contribution in [2.75, 3.05) is 6.54 Å². The molecule has 0 aliphatic carbocycles. The summed E-state index contributed by atoms with van der Waals surface area (Å²) in [5.41, 5.74) is 0.854. The van der Waals surface area contributed by atoms with Crippen LogP contribution in [-0.4, -0.2) is 28.2 Å². The summed E-state index contributed by atoms with van der Waals surface area (Å²) in [6, 6.07) is 2.32. The Morgan fingerprint density at radius 2 is 2.33 bits per heavy atom. The number of nitrogens with one attached hydrogen (secondary N) is 1. The number of aryl methyl sites for hydroxylation is 1. The summed E-state index contributed by atoms with van der Waals surface area (Å²) < 4.78 is 1.72. The van der Waals surface area contributed by atoms with Gasteiger partial charge in [0.15, 0.2) is 0 Å².